The van der Waals surface area contributed by atoms with Crippen molar-refractivity contribution in [2.75, 3.05) is 7.11 Å². The standard InChI is InChI=1S/C18H18BrNO4/c1-9(2)14-5-10-4-13(19)17(24-3)6-11(10)15-7-16(21)12(18(22)23)8-20(14)15/h4,6-9,14H,5H2,1-3H3,(H,22,23). The van der Waals surface area contributed by atoms with Crippen LogP contribution in [0.15, 0.2) is 33.7 Å². The molecule has 2 heterocycles. The first-order valence-corrected chi connectivity index (χ1v) is 8.49. The number of aromatic nitrogens is 1. The van der Waals surface area contributed by atoms with Gasteiger partial charge in [0.2, 0.25) is 0 Å². The third kappa shape index (κ3) is 2.65. The highest BCUT2D eigenvalue weighted by atomic mass is 79.9. The molecular weight excluding hydrogens is 374 g/mol. The van der Waals surface area contributed by atoms with Gasteiger partial charge < -0.3 is 14.4 Å². The summed E-state index contributed by atoms with van der Waals surface area (Å²) in [5.41, 5.74) is 2.07. The summed E-state index contributed by atoms with van der Waals surface area (Å²) in [6.45, 7) is 4.19. The fourth-order valence-corrected chi connectivity index (χ4v) is 3.79. The van der Waals surface area contributed by atoms with Crippen molar-refractivity contribution in [3.8, 4) is 17.0 Å². The Bertz CT molecular complexity index is 885. The maximum absolute atomic E-state index is 12.2. The lowest BCUT2D eigenvalue weighted by atomic mass is 9.87. The normalized spacial score (nSPS) is 15.8. The smallest absolute Gasteiger partial charge is 0.341 e. The fourth-order valence-electron chi connectivity index (χ4n) is 3.24. The molecule has 1 aromatic heterocycles. The van der Waals surface area contributed by atoms with Gasteiger partial charge in [0.15, 0.2) is 5.43 Å². The third-order valence-corrected chi connectivity index (χ3v) is 5.14. The van der Waals surface area contributed by atoms with Crippen LogP contribution >= 0.6 is 15.9 Å². The molecule has 0 spiro atoms. The Labute approximate surface area is 148 Å². The Morgan fingerprint density at radius 3 is 2.67 bits per heavy atom. The highest BCUT2D eigenvalue weighted by Gasteiger charge is 2.28. The minimum absolute atomic E-state index is 0.0893. The number of carboxylic acid groups (broad SMARTS) is 1. The largest absolute Gasteiger partial charge is 0.496 e. The molecule has 126 valence electrons. The summed E-state index contributed by atoms with van der Waals surface area (Å²) in [5.74, 6) is -0.225. The van der Waals surface area contributed by atoms with E-state index in [0.717, 1.165) is 27.7 Å². The number of methoxy groups -OCH3 is 1. The number of hydrogen-bond acceptors (Lipinski definition) is 3. The van der Waals surface area contributed by atoms with Crippen LogP contribution < -0.4 is 10.2 Å². The fraction of sp³-hybridized carbons (Fsp3) is 0.333. The number of hydrogen-bond donors (Lipinski definition) is 1. The Hall–Kier alpha value is -2.08. The molecule has 5 nitrogen and oxygen atoms in total. The van der Waals surface area contributed by atoms with Crippen molar-refractivity contribution in [2.24, 2.45) is 5.92 Å². The highest BCUT2D eigenvalue weighted by molar-refractivity contribution is 9.10. The van der Waals surface area contributed by atoms with E-state index in [9.17, 15) is 14.7 Å². The number of ether oxygens (including phenoxy) is 1. The van der Waals surface area contributed by atoms with E-state index in [1.165, 1.54) is 12.3 Å². The lowest BCUT2D eigenvalue weighted by molar-refractivity contribution is 0.0694. The molecule has 1 aliphatic rings. The number of pyridine rings is 1. The minimum Gasteiger partial charge on any atom is -0.496 e. The van der Waals surface area contributed by atoms with Gasteiger partial charge in [-0.25, -0.2) is 4.79 Å². The molecule has 0 aliphatic carbocycles. The van der Waals surface area contributed by atoms with Crippen molar-refractivity contribution in [1.82, 2.24) is 4.57 Å². The lowest BCUT2D eigenvalue weighted by Gasteiger charge is -2.33. The van der Waals surface area contributed by atoms with Gasteiger partial charge in [0.25, 0.3) is 0 Å². The van der Waals surface area contributed by atoms with Gasteiger partial charge >= 0.3 is 5.97 Å². The van der Waals surface area contributed by atoms with Crippen LogP contribution in [0.3, 0.4) is 0 Å². The molecule has 1 unspecified atom stereocenters. The highest BCUT2D eigenvalue weighted by Crippen LogP contribution is 2.41. The molecule has 1 aromatic carbocycles. The molecule has 6 heteroatoms. The molecule has 0 bridgehead atoms. The summed E-state index contributed by atoms with van der Waals surface area (Å²) in [6.07, 6.45) is 2.24. The molecule has 1 aliphatic heterocycles. The van der Waals surface area contributed by atoms with Gasteiger partial charge in [0, 0.05) is 23.9 Å². The zero-order chi connectivity index (χ0) is 17.6. The number of aromatic carboxylic acids is 1. The number of carboxylic acids is 1. The van der Waals surface area contributed by atoms with E-state index in [1.807, 2.05) is 16.7 Å². The second kappa shape index (κ2) is 6.09. The lowest BCUT2D eigenvalue weighted by Crippen LogP contribution is -2.28. The third-order valence-electron chi connectivity index (χ3n) is 4.52. The number of nitrogens with zero attached hydrogens (tertiary/aromatic N) is 1. The van der Waals surface area contributed by atoms with Crippen molar-refractivity contribution < 1.29 is 14.6 Å². The van der Waals surface area contributed by atoms with Crippen molar-refractivity contribution in [1.29, 1.82) is 0 Å². The number of carbonyl (C=O) groups is 1. The van der Waals surface area contributed by atoms with E-state index >= 15 is 0 Å². The van der Waals surface area contributed by atoms with Crippen molar-refractivity contribution in [3.05, 3.63) is 50.2 Å². The first kappa shape index (κ1) is 16.8. The SMILES string of the molecule is COc1cc2c(cc1Br)CC(C(C)C)n1cc(C(=O)O)c(=O)cc1-2. The monoisotopic (exact) mass is 391 g/mol. The van der Waals surface area contributed by atoms with Crippen LogP contribution in [0.5, 0.6) is 5.75 Å². The van der Waals surface area contributed by atoms with Crippen molar-refractivity contribution >= 4 is 21.9 Å². The second-order valence-electron chi connectivity index (χ2n) is 6.31. The van der Waals surface area contributed by atoms with Crippen LogP contribution in [0.1, 0.15) is 35.8 Å². The topological polar surface area (TPSA) is 68.5 Å². The summed E-state index contributed by atoms with van der Waals surface area (Å²) in [7, 11) is 1.59. The van der Waals surface area contributed by atoms with E-state index in [1.54, 1.807) is 7.11 Å². The molecule has 0 radical (unpaired) electrons. The average Bonchev–Trinajstić information content (AvgIpc) is 2.52. The number of halogens is 1. The van der Waals surface area contributed by atoms with E-state index in [0.29, 0.717) is 11.7 Å². The average molecular weight is 392 g/mol. The molecule has 1 N–H and O–H groups in total. The summed E-state index contributed by atoms with van der Waals surface area (Å²) >= 11 is 3.51. The predicted molar refractivity (Wildman–Crippen MR) is 94.9 cm³/mol. The first-order valence-electron chi connectivity index (χ1n) is 7.69. The minimum atomic E-state index is -1.20. The summed E-state index contributed by atoms with van der Waals surface area (Å²) < 4.78 is 8.15. The van der Waals surface area contributed by atoms with Gasteiger partial charge in [0.1, 0.15) is 11.3 Å². The van der Waals surface area contributed by atoms with Crippen LogP contribution in [0.25, 0.3) is 11.3 Å². The van der Waals surface area contributed by atoms with E-state index in [-0.39, 0.29) is 11.6 Å². The molecule has 3 rings (SSSR count). The second-order valence-corrected chi connectivity index (χ2v) is 7.16. The van der Waals surface area contributed by atoms with Gasteiger partial charge in [-0.05, 0) is 46.0 Å². The molecule has 0 amide bonds. The van der Waals surface area contributed by atoms with Crippen LogP contribution in [-0.2, 0) is 6.42 Å². The van der Waals surface area contributed by atoms with E-state index < -0.39 is 11.4 Å². The van der Waals surface area contributed by atoms with E-state index in [2.05, 4.69) is 29.8 Å². The predicted octanol–water partition coefficient (Wildman–Crippen LogP) is 3.74. The summed E-state index contributed by atoms with van der Waals surface area (Å²) in [5, 5.41) is 9.27. The molecule has 24 heavy (non-hydrogen) atoms. The van der Waals surface area contributed by atoms with Gasteiger partial charge in [-0.15, -0.1) is 0 Å². The van der Waals surface area contributed by atoms with Crippen LogP contribution in [0.2, 0.25) is 0 Å². The molecular formula is C18H18BrNO4. The number of benzene rings is 1. The Morgan fingerprint density at radius 2 is 2.08 bits per heavy atom. The Morgan fingerprint density at radius 1 is 1.38 bits per heavy atom. The summed E-state index contributed by atoms with van der Waals surface area (Å²) in [6, 6.07) is 5.42. The zero-order valence-corrected chi connectivity index (χ0v) is 15.3. The number of rotatable bonds is 3. The van der Waals surface area contributed by atoms with Gasteiger partial charge in [0.05, 0.1) is 17.3 Å². The first-order chi connectivity index (χ1) is 11.3. The Kier molecular flexibility index (Phi) is 4.25. The maximum atomic E-state index is 12.2. The molecule has 0 saturated carbocycles. The quantitative estimate of drug-likeness (QED) is 0.864. The van der Waals surface area contributed by atoms with Gasteiger partial charge in [-0.2, -0.15) is 0 Å². The zero-order valence-electron chi connectivity index (χ0n) is 13.7. The van der Waals surface area contributed by atoms with Crippen LogP contribution in [0, 0.1) is 5.92 Å². The van der Waals surface area contributed by atoms with E-state index in [4.69, 9.17) is 4.74 Å². The molecule has 0 fully saturated rings. The van der Waals surface area contributed by atoms with Gasteiger partial charge in [-0.3, -0.25) is 4.79 Å². The Balaban J connectivity index is 2.32. The van der Waals surface area contributed by atoms with Crippen LogP contribution in [-0.4, -0.2) is 22.8 Å². The molecule has 2 aromatic rings. The van der Waals surface area contributed by atoms with Crippen LogP contribution in [0.4, 0.5) is 0 Å². The summed E-state index contributed by atoms with van der Waals surface area (Å²) in [4.78, 5) is 23.5. The maximum Gasteiger partial charge on any atom is 0.341 e. The molecule has 1 atom stereocenters. The van der Waals surface area contributed by atoms with Crippen molar-refractivity contribution in [3.63, 3.8) is 0 Å². The van der Waals surface area contributed by atoms with Crippen molar-refractivity contribution in [2.45, 2.75) is 26.3 Å². The molecule has 0 saturated heterocycles. The van der Waals surface area contributed by atoms with Gasteiger partial charge in [-0.1, -0.05) is 13.8 Å². The number of fused-ring (bicyclic) bond motifs is 3.